The van der Waals surface area contributed by atoms with Crippen LogP contribution in [0.5, 0.6) is 0 Å². The summed E-state index contributed by atoms with van der Waals surface area (Å²) in [5, 5.41) is 7.93. The zero-order valence-corrected chi connectivity index (χ0v) is 17.2. The van der Waals surface area contributed by atoms with Crippen LogP contribution >= 0.6 is 23.4 Å². The number of hydrogen-bond acceptors (Lipinski definition) is 3. The normalized spacial score (nSPS) is 12.2. The summed E-state index contributed by atoms with van der Waals surface area (Å²) in [5.41, 5.74) is 2.49. The van der Waals surface area contributed by atoms with Gasteiger partial charge in [-0.15, -0.1) is 0 Å². The van der Waals surface area contributed by atoms with Gasteiger partial charge in [0.25, 0.3) is 0 Å². The Balaban J connectivity index is 1.40. The molecule has 1 atom stereocenters. The Hall–Kier alpha value is -2.33. The first-order chi connectivity index (χ1) is 13.7. The van der Waals surface area contributed by atoms with Crippen molar-refractivity contribution in [2.75, 3.05) is 0 Å². The van der Waals surface area contributed by atoms with E-state index >= 15 is 0 Å². The number of pyridine rings is 1. The van der Waals surface area contributed by atoms with Crippen LogP contribution in [0.4, 0.5) is 0 Å². The Labute approximate surface area is 175 Å². The van der Waals surface area contributed by atoms with Crippen LogP contribution in [0.3, 0.4) is 0 Å². The predicted molar refractivity (Wildman–Crippen MR) is 119 cm³/mol. The lowest BCUT2D eigenvalue weighted by Gasteiger charge is -2.16. The van der Waals surface area contributed by atoms with Crippen molar-refractivity contribution in [2.24, 2.45) is 0 Å². The molecule has 0 fully saturated rings. The van der Waals surface area contributed by atoms with Crippen molar-refractivity contribution in [3.63, 3.8) is 0 Å². The van der Waals surface area contributed by atoms with E-state index in [1.54, 1.807) is 11.8 Å². The van der Waals surface area contributed by atoms with Crippen LogP contribution in [0, 0.1) is 0 Å². The molecule has 0 radical (unpaired) electrons. The number of aromatic nitrogens is 1. The largest absolute Gasteiger partial charge is 0.306 e. The van der Waals surface area contributed by atoms with Crippen molar-refractivity contribution in [3.8, 4) is 0 Å². The minimum Gasteiger partial charge on any atom is -0.306 e. The summed E-state index contributed by atoms with van der Waals surface area (Å²) in [4.78, 5) is 5.72. The molecule has 28 heavy (non-hydrogen) atoms. The molecule has 0 saturated heterocycles. The second-order valence-electron chi connectivity index (χ2n) is 6.73. The molecule has 4 heteroatoms. The molecule has 2 nitrogen and oxygen atoms in total. The Bertz CT molecular complexity index is 1060. The van der Waals surface area contributed by atoms with Gasteiger partial charge in [-0.2, -0.15) is 0 Å². The zero-order valence-electron chi connectivity index (χ0n) is 15.6. The lowest BCUT2D eigenvalue weighted by molar-refractivity contribution is 0.577. The highest BCUT2D eigenvalue weighted by Gasteiger charge is 2.09. The van der Waals surface area contributed by atoms with Crippen LogP contribution in [0.25, 0.3) is 10.8 Å². The van der Waals surface area contributed by atoms with E-state index < -0.39 is 0 Å². The average molecular weight is 405 g/mol. The van der Waals surface area contributed by atoms with Crippen molar-refractivity contribution in [1.29, 1.82) is 0 Å². The zero-order chi connectivity index (χ0) is 19.3. The lowest BCUT2D eigenvalue weighted by atomic mass is 9.99. The molecule has 1 aromatic heterocycles. The van der Waals surface area contributed by atoms with E-state index in [0.717, 1.165) is 21.5 Å². The summed E-state index contributed by atoms with van der Waals surface area (Å²) in [6.45, 7) is 2.99. The molecule has 0 aliphatic rings. The number of rotatable bonds is 6. The molecule has 1 heterocycles. The van der Waals surface area contributed by atoms with E-state index in [0.29, 0.717) is 0 Å². The second-order valence-corrected chi connectivity index (χ2v) is 8.26. The monoisotopic (exact) mass is 404 g/mol. The van der Waals surface area contributed by atoms with E-state index in [1.807, 2.05) is 30.5 Å². The third kappa shape index (κ3) is 4.56. The predicted octanol–water partition coefficient (Wildman–Crippen LogP) is 6.89. The molecular formula is C24H21ClN2S. The Kier molecular flexibility index (Phi) is 5.96. The molecule has 4 rings (SSSR count). The lowest BCUT2D eigenvalue weighted by Crippen LogP contribution is -2.18. The van der Waals surface area contributed by atoms with Gasteiger partial charge < -0.3 is 5.32 Å². The molecule has 1 unspecified atom stereocenters. The molecule has 0 amide bonds. The molecule has 0 aliphatic heterocycles. The Morgan fingerprint density at radius 3 is 2.50 bits per heavy atom. The van der Waals surface area contributed by atoms with E-state index in [1.165, 1.54) is 21.9 Å². The van der Waals surface area contributed by atoms with Gasteiger partial charge in [0.2, 0.25) is 0 Å². The fraction of sp³-hybridized carbons (Fsp3) is 0.125. The summed E-state index contributed by atoms with van der Waals surface area (Å²) in [5.74, 6) is 0. The van der Waals surface area contributed by atoms with Gasteiger partial charge >= 0.3 is 0 Å². The fourth-order valence-corrected chi connectivity index (χ4v) is 4.09. The van der Waals surface area contributed by atoms with E-state index in [4.69, 9.17) is 11.6 Å². The maximum Gasteiger partial charge on any atom is 0.101 e. The standard InChI is InChI=1S/C24H21ClN2S/c1-17(22-8-4-6-19-5-2-3-7-23(19)22)26-15-18-9-14-24(27-16-18)28-21-12-10-20(25)11-13-21/h2-14,16-17,26H,15H2,1H3. The first-order valence-electron chi connectivity index (χ1n) is 9.28. The first-order valence-corrected chi connectivity index (χ1v) is 10.5. The summed E-state index contributed by atoms with van der Waals surface area (Å²) in [7, 11) is 0. The molecular weight excluding hydrogens is 384 g/mol. The highest BCUT2D eigenvalue weighted by Crippen LogP contribution is 2.27. The fourth-order valence-electron chi connectivity index (χ4n) is 3.21. The second kappa shape index (κ2) is 8.78. The van der Waals surface area contributed by atoms with Gasteiger partial charge in [-0.05, 0) is 59.2 Å². The molecule has 0 aliphatic carbocycles. The van der Waals surface area contributed by atoms with Gasteiger partial charge in [0, 0.05) is 28.7 Å². The van der Waals surface area contributed by atoms with Crippen LogP contribution in [0.15, 0.2) is 95.0 Å². The molecule has 0 bridgehead atoms. The van der Waals surface area contributed by atoms with E-state index in [9.17, 15) is 0 Å². The molecule has 140 valence electrons. The first kappa shape index (κ1) is 19.0. The summed E-state index contributed by atoms with van der Waals surface area (Å²) in [6, 6.07) is 27.3. The number of fused-ring (bicyclic) bond motifs is 1. The molecule has 3 aromatic carbocycles. The molecule has 4 aromatic rings. The topological polar surface area (TPSA) is 24.9 Å². The highest BCUT2D eigenvalue weighted by atomic mass is 35.5. The molecule has 0 spiro atoms. The van der Waals surface area contributed by atoms with Gasteiger partial charge in [-0.1, -0.05) is 71.9 Å². The van der Waals surface area contributed by atoms with E-state index in [-0.39, 0.29) is 6.04 Å². The summed E-state index contributed by atoms with van der Waals surface area (Å²) >= 11 is 7.58. The molecule has 1 N–H and O–H groups in total. The van der Waals surface area contributed by atoms with Crippen molar-refractivity contribution in [3.05, 3.63) is 101 Å². The number of nitrogens with one attached hydrogen (secondary N) is 1. The summed E-state index contributed by atoms with van der Waals surface area (Å²) < 4.78 is 0. The number of nitrogens with zero attached hydrogens (tertiary/aromatic N) is 1. The molecule has 0 saturated carbocycles. The van der Waals surface area contributed by atoms with Crippen molar-refractivity contribution in [1.82, 2.24) is 10.3 Å². The van der Waals surface area contributed by atoms with Gasteiger partial charge in [0.1, 0.15) is 5.03 Å². The third-order valence-electron chi connectivity index (χ3n) is 4.74. The van der Waals surface area contributed by atoms with Crippen LogP contribution in [-0.2, 0) is 6.54 Å². The highest BCUT2D eigenvalue weighted by molar-refractivity contribution is 7.99. The third-order valence-corrected chi connectivity index (χ3v) is 5.95. The number of halogens is 1. The quantitative estimate of drug-likeness (QED) is 0.378. The Morgan fingerprint density at radius 1 is 0.929 bits per heavy atom. The Morgan fingerprint density at radius 2 is 1.71 bits per heavy atom. The number of hydrogen-bond donors (Lipinski definition) is 1. The van der Waals surface area contributed by atoms with Gasteiger partial charge in [0.05, 0.1) is 0 Å². The maximum absolute atomic E-state index is 5.94. The SMILES string of the molecule is CC(NCc1ccc(Sc2ccc(Cl)cc2)nc1)c1cccc2ccccc12. The van der Waals surface area contributed by atoms with Crippen molar-refractivity contribution < 1.29 is 0 Å². The van der Waals surface area contributed by atoms with Crippen LogP contribution in [0.1, 0.15) is 24.1 Å². The van der Waals surface area contributed by atoms with Crippen LogP contribution in [0.2, 0.25) is 5.02 Å². The van der Waals surface area contributed by atoms with Gasteiger partial charge in [-0.25, -0.2) is 4.98 Å². The van der Waals surface area contributed by atoms with Crippen LogP contribution in [-0.4, -0.2) is 4.98 Å². The number of benzene rings is 3. The average Bonchev–Trinajstić information content (AvgIpc) is 2.74. The van der Waals surface area contributed by atoms with Crippen LogP contribution < -0.4 is 5.32 Å². The van der Waals surface area contributed by atoms with Gasteiger partial charge in [-0.3, -0.25) is 0 Å². The van der Waals surface area contributed by atoms with E-state index in [2.05, 4.69) is 71.8 Å². The van der Waals surface area contributed by atoms with Gasteiger partial charge in [0.15, 0.2) is 0 Å². The smallest absolute Gasteiger partial charge is 0.101 e. The van der Waals surface area contributed by atoms with Crippen molar-refractivity contribution >= 4 is 34.1 Å². The maximum atomic E-state index is 5.94. The minimum absolute atomic E-state index is 0.259. The minimum atomic E-state index is 0.259. The van der Waals surface area contributed by atoms with Crippen molar-refractivity contribution in [2.45, 2.75) is 29.4 Å². The summed E-state index contributed by atoms with van der Waals surface area (Å²) in [6.07, 6.45) is 1.95.